The van der Waals surface area contributed by atoms with Gasteiger partial charge in [0.1, 0.15) is 0 Å². The Hall–Kier alpha value is -2.09. The predicted molar refractivity (Wildman–Crippen MR) is 95.5 cm³/mol. The molecule has 0 saturated heterocycles. The van der Waals surface area contributed by atoms with Crippen molar-refractivity contribution in [3.05, 3.63) is 33.5 Å². The molecule has 2 aromatic heterocycles. The third-order valence-corrected chi connectivity index (χ3v) is 4.68. The van der Waals surface area contributed by atoms with Crippen molar-refractivity contribution in [1.82, 2.24) is 19.7 Å². The minimum atomic E-state index is -0.399. The van der Waals surface area contributed by atoms with Crippen LogP contribution in [0.5, 0.6) is 0 Å². The fraction of sp³-hybridized carbons (Fsp3) is 0.500. The standard InChI is InChI=1S/C16H23N5O2S/c1-6-7-12-8-13(22)18-16(17-12)24-11(4)15(23)19-14-9(2)20-21(5)10(14)3/h8,11H,6-7H2,1-5H3,(H,19,23)(H,17,18,22)/t11-/m0/s1. The third kappa shape index (κ3) is 4.25. The summed E-state index contributed by atoms with van der Waals surface area (Å²) < 4.78 is 1.73. The summed E-state index contributed by atoms with van der Waals surface area (Å²) in [7, 11) is 1.84. The Balaban J connectivity index is 2.10. The highest BCUT2D eigenvalue weighted by atomic mass is 32.2. The van der Waals surface area contributed by atoms with Crippen molar-refractivity contribution < 1.29 is 4.79 Å². The maximum Gasteiger partial charge on any atom is 0.251 e. The Labute approximate surface area is 145 Å². The number of nitrogens with one attached hydrogen (secondary N) is 2. The summed E-state index contributed by atoms with van der Waals surface area (Å²) >= 11 is 1.24. The molecule has 0 fully saturated rings. The third-order valence-electron chi connectivity index (χ3n) is 3.69. The lowest BCUT2D eigenvalue weighted by atomic mass is 10.2. The Kier molecular flexibility index (Phi) is 5.82. The van der Waals surface area contributed by atoms with E-state index in [0.717, 1.165) is 35.6 Å². The number of thioether (sulfide) groups is 1. The van der Waals surface area contributed by atoms with Crippen LogP contribution < -0.4 is 10.9 Å². The van der Waals surface area contributed by atoms with Gasteiger partial charge < -0.3 is 10.3 Å². The van der Waals surface area contributed by atoms with E-state index in [1.165, 1.54) is 17.8 Å². The fourth-order valence-electron chi connectivity index (χ4n) is 2.32. The topological polar surface area (TPSA) is 92.7 Å². The van der Waals surface area contributed by atoms with E-state index in [2.05, 4.69) is 20.4 Å². The van der Waals surface area contributed by atoms with Crippen LogP contribution in [0.2, 0.25) is 0 Å². The van der Waals surface area contributed by atoms with Crippen molar-refractivity contribution >= 4 is 23.4 Å². The number of aromatic amines is 1. The molecule has 0 spiro atoms. The van der Waals surface area contributed by atoms with Crippen LogP contribution >= 0.6 is 11.8 Å². The zero-order valence-electron chi connectivity index (χ0n) is 14.6. The number of hydrogen-bond acceptors (Lipinski definition) is 5. The summed E-state index contributed by atoms with van der Waals surface area (Å²) in [6.07, 6.45) is 1.66. The average Bonchev–Trinajstić information content (AvgIpc) is 2.73. The van der Waals surface area contributed by atoms with Crippen LogP contribution in [0.15, 0.2) is 16.0 Å². The molecule has 0 saturated carbocycles. The van der Waals surface area contributed by atoms with E-state index in [9.17, 15) is 9.59 Å². The van der Waals surface area contributed by atoms with Gasteiger partial charge in [0.2, 0.25) is 5.91 Å². The van der Waals surface area contributed by atoms with Gasteiger partial charge in [0.15, 0.2) is 5.16 Å². The second kappa shape index (κ2) is 7.65. The molecular weight excluding hydrogens is 326 g/mol. The zero-order valence-corrected chi connectivity index (χ0v) is 15.5. The molecule has 0 radical (unpaired) electrons. The van der Waals surface area contributed by atoms with Crippen LogP contribution in [-0.4, -0.2) is 30.9 Å². The highest BCUT2D eigenvalue weighted by molar-refractivity contribution is 8.00. The monoisotopic (exact) mass is 349 g/mol. The Morgan fingerprint density at radius 1 is 1.46 bits per heavy atom. The Morgan fingerprint density at radius 2 is 2.17 bits per heavy atom. The molecule has 0 aliphatic carbocycles. The fourth-order valence-corrected chi connectivity index (χ4v) is 3.15. The lowest BCUT2D eigenvalue weighted by Gasteiger charge is -2.12. The number of carbonyl (C=O) groups is 1. The molecule has 0 unspecified atom stereocenters. The number of carbonyl (C=O) groups excluding carboxylic acids is 1. The number of aromatic nitrogens is 4. The van der Waals surface area contributed by atoms with Crippen molar-refractivity contribution in [2.24, 2.45) is 7.05 Å². The van der Waals surface area contributed by atoms with Crippen molar-refractivity contribution in [2.45, 2.75) is 50.9 Å². The molecule has 2 rings (SSSR count). The summed E-state index contributed by atoms with van der Waals surface area (Å²) in [5.74, 6) is -0.150. The number of hydrogen-bond donors (Lipinski definition) is 2. The maximum atomic E-state index is 12.4. The Bertz CT molecular complexity index is 796. The van der Waals surface area contributed by atoms with Gasteiger partial charge >= 0.3 is 0 Å². The van der Waals surface area contributed by atoms with Gasteiger partial charge in [-0.05, 0) is 27.2 Å². The first-order valence-electron chi connectivity index (χ1n) is 7.89. The number of nitrogens with zero attached hydrogens (tertiary/aromatic N) is 3. The highest BCUT2D eigenvalue weighted by Crippen LogP contribution is 2.23. The molecule has 0 aliphatic rings. The SMILES string of the molecule is CCCc1cc(=O)[nH]c(S[C@@H](C)C(=O)Nc2c(C)nn(C)c2C)n1. The van der Waals surface area contributed by atoms with Gasteiger partial charge in [0.05, 0.1) is 22.3 Å². The van der Waals surface area contributed by atoms with Crippen molar-refractivity contribution in [1.29, 1.82) is 0 Å². The van der Waals surface area contributed by atoms with Gasteiger partial charge in [0, 0.05) is 18.8 Å². The van der Waals surface area contributed by atoms with Crippen LogP contribution in [0.1, 0.15) is 37.4 Å². The van der Waals surface area contributed by atoms with Crippen LogP contribution in [0.4, 0.5) is 5.69 Å². The lowest BCUT2D eigenvalue weighted by molar-refractivity contribution is -0.115. The summed E-state index contributed by atoms with van der Waals surface area (Å²) in [6, 6.07) is 1.50. The number of H-pyrrole nitrogens is 1. The average molecular weight is 349 g/mol. The van der Waals surface area contributed by atoms with Crippen molar-refractivity contribution in [3.63, 3.8) is 0 Å². The van der Waals surface area contributed by atoms with Crippen molar-refractivity contribution in [3.8, 4) is 0 Å². The van der Waals surface area contributed by atoms with E-state index in [4.69, 9.17) is 0 Å². The van der Waals surface area contributed by atoms with Crippen LogP contribution in [-0.2, 0) is 18.3 Å². The molecule has 0 bridgehead atoms. The summed E-state index contributed by atoms with van der Waals surface area (Å²) in [5, 5.41) is 7.26. The van der Waals surface area contributed by atoms with Crippen LogP contribution in [0.25, 0.3) is 0 Å². The smallest absolute Gasteiger partial charge is 0.251 e. The molecule has 130 valence electrons. The van der Waals surface area contributed by atoms with E-state index < -0.39 is 5.25 Å². The van der Waals surface area contributed by atoms with Crippen molar-refractivity contribution in [2.75, 3.05) is 5.32 Å². The van der Waals surface area contributed by atoms with E-state index in [1.54, 1.807) is 11.6 Å². The van der Waals surface area contributed by atoms with E-state index in [1.807, 2.05) is 27.8 Å². The Morgan fingerprint density at radius 3 is 2.75 bits per heavy atom. The first kappa shape index (κ1) is 18.3. The highest BCUT2D eigenvalue weighted by Gasteiger charge is 2.19. The summed E-state index contributed by atoms with van der Waals surface area (Å²) in [5.41, 5.74) is 2.96. The molecule has 0 aliphatic heterocycles. The summed E-state index contributed by atoms with van der Waals surface area (Å²) in [6.45, 7) is 7.58. The molecule has 24 heavy (non-hydrogen) atoms. The van der Waals surface area contributed by atoms with Crippen LogP contribution in [0, 0.1) is 13.8 Å². The van der Waals surface area contributed by atoms with E-state index in [0.29, 0.717) is 5.16 Å². The molecular formula is C16H23N5O2S. The zero-order chi connectivity index (χ0) is 17.9. The van der Waals surface area contributed by atoms with Gasteiger partial charge in [-0.1, -0.05) is 25.1 Å². The van der Waals surface area contributed by atoms with Gasteiger partial charge in [-0.3, -0.25) is 14.3 Å². The molecule has 0 aromatic carbocycles. The molecule has 1 amide bonds. The first-order valence-corrected chi connectivity index (χ1v) is 8.77. The largest absolute Gasteiger partial charge is 0.322 e. The summed E-state index contributed by atoms with van der Waals surface area (Å²) in [4.78, 5) is 31.2. The minimum absolute atomic E-state index is 0.150. The van der Waals surface area contributed by atoms with E-state index >= 15 is 0 Å². The normalized spacial score (nSPS) is 12.2. The van der Waals surface area contributed by atoms with E-state index in [-0.39, 0.29) is 11.5 Å². The van der Waals surface area contributed by atoms with Gasteiger partial charge in [-0.25, -0.2) is 4.98 Å². The maximum absolute atomic E-state index is 12.4. The van der Waals surface area contributed by atoms with Crippen LogP contribution in [0.3, 0.4) is 0 Å². The predicted octanol–water partition coefficient (Wildman–Crippen LogP) is 2.19. The molecule has 2 N–H and O–H groups in total. The second-order valence-corrected chi connectivity index (χ2v) is 7.04. The lowest BCUT2D eigenvalue weighted by Crippen LogP contribution is -2.24. The quantitative estimate of drug-likeness (QED) is 0.616. The van der Waals surface area contributed by atoms with Gasteiger partial charge in [-0.2, -0.15) is 5.10 Å². The number of anilines is 1. The minimum Gasteiger partial charge on any atom is -0.322 e. The molecule has 8 heteroatoms. The van der Waals surface area contributed by atoms with Gasteiger partial charge in [-0.15, -0.1) is 0 Å². The molecule has 2 aromatic rings. The first-order chi connectivity index (χ1) is 11.3. The number of aryl methyl sites for hydroxylation is 3. The second-order valence-electron chi connectivity index (χ2n) is 5.71. The molecule has 7 nitrogen and oxygen atoms in total. The molecule has 1 atom stereocenters. The number of rotatable bonds is 6. The molecule has 2 heterocycles. The van der Waals surface area contributed by atoms with Gasteiger partial charge in [0.25, 0.3) is 5.56 Å². The number of amides is 1.